The van der Waals surface area contributed by atoms with Gasteiger partial charge in [-0.05, 0) is 61.9 Å². The van der Waals surface area contributed by atoms with Gasteiger partial charge in [-0.25, -0.2) is 8.51 Å². The molecule has 1 atom stereocenters. The first kappa shape index (κ1) is 25.2. The molecule has 180 valence electrons. The van der Waals surface area contributed by atoms with E-state index < -0.39 is 11.0 Å². The summed E-state index contributed by atoms with van der Waals surface area (Å²) >= 11 is 0. The molecule has 2 aromatic rings. The average molecular weight is 473 g/mol. The number of nitrogens with zero attached hydrogens (tertiary/aromatic N) is 3. The van der Waals surface area contributed by atoms with Crippen molar-refractivity contribution in [2.45, 2.75) is 31.7 Å². The van der Waals surface area contributed by atoms with Crippen LogP contribution < -0.4 is 15.0 Å². The molecule has 0 radical (unpaired) electrons. The van der Waals surface area contributed by atoms with Gasteiger partial charge in [0.05, 0.1) is 12.0 Å². The third-order valence-corrected chi connectivity index (χ3v) is 7.79. The van der Waals surface area contributed by atoms with E-state index in [9.17, 15) is 9.00 Å². The van der Waals surface area contributed by atoms with Gasteiger partial charge in [-0.2, -0.15) is 0 Å². The number of anilines is 1. The highest BCUT2D eigenvalue weighted by Gasteiger charge is 2.18. The molecule has 3 rings (SSSR count). The summed E-state index contributed by atoms with van der Waals surface area (Å²) in [5, 5.41) is 3.00. The Hall–Kier alpha value is -2.42. The van der Waals surface area contributed by atoms with E-state index in [1.54, 1.807) is 18.5 Å². The molecule has 0 aromatic heterocycles. The number of nitrogens with one attached hydrogen (secondary N) is 1. The number of rotatable bonds is 9. The standard InChI is InChI=1S/C25H36N4O3S/c1-19-15-23(32-5)16-20(2)25(19)33(31)28(4)10-9-24(30)26-18-21-7-6-8-22(17-21)29-13-11-27(3)12-14-29/h6-8,15-17H,9-14,18H2,1-5H3,(H,26,30). The van der Waals surface area contributed by atoms with Crippen molar-refractivity contribution < 1.29 is 13.7 Å². The summed E-state index contributed by atoms with van der Waals surface area (Å²) in [5.74, 6) is 0.705. The lowest BCUT2D eigenvalue weighted by molar-refractivity contribution is -0.121. The van der Waals surface area contributed by atoms with Gasteiger partial charge in [-0.15, -0.1) is 0 Å². The molecule has 0 bridgehead atoms. The van der Waals surface area contributed by atoms with Gasteiger partial charge in [0, 0.05) is 58.4 Å². The Morgan fingerprint density at radius 3 is 2.42 bits per heavy atom. The van der Waals surface area contributed by atoms with E-state index in [-0.39, 0.29) is 12.3 Å². The molecule has 1 unspecified atom stereocenters. The topological polar surface area (TPSA) is 65.1 Å². The van der Waals surface area contributed by atoms with E-state index >= 15 is 0 Å². The highest BCUT2D eigenvalue weighted by atomic mass is 32.2. The summed E-state index contributed by atoms with van der Waals surface area (Å²) in [5.41, 5.74) is 4.12. The molecular formula is C25H36N4O3S. The Bertz CT molecular complexity index is 966. The molecule has 7 nitrogen and oxygen atoms in total. The lowest BCUT2D eigenvalue weighted by Crippen LogP contribution is -2.44. The number of ether oxygens (including phenoxy) is 1. The van der Waals surface area contributed by atoms with Crippen LogP contribution >= 0.6 is 0 Å². The maximum atomic E-state index is 13.0. The number of piperazine rings is 1. The van der Waals surface area contributed by atoms with Gasteiger partial charge in [0.2, 0.25) is 5.91 Å². The molecule has 33 heavy (non-hydrogen) atoms. The molecular weight excluding hydrogens is 436 g/mol. The lowest BCUT2D eigenvalue weighted by atomic mass is 10.1. The third kappa shape index (κ3) is 6.79. The van der Waals surface area contributed by atoms with E-state index in [1.165, 1.54) is 5.69 Å². The average Bonchev–Trinajstić information content (AvgIpc) is 2.81. The summed E-state index contributed by atoms with van der Waals surface area (Å²) in [6.07, 6.45) is 0.286. The van der Waals surface area contributed by atoms with Crippen molar-refractivity contribution in [2.24, 2.45) is 0 Å². The summed E-state index contributed by atoms with van der Waals surface area (Å²) in [6.45, 7) is 8.91. The lowest BCUT2D eigenvalue weighted by Gasteiger charge is -2.34. The van der Waals surface area contributed by atoms with Gasteiger partial charge in [0.1, 0.15) is 16.7 Å². The van der Waals surface area contributed by atoms with E-state index in [0.29, 0.717) is 13.1 Å². The van der Waals surface area contributed by atoms with Crippen LogP contribution in [0.1, 0.15) is 23.1 Å². The van der Waals surface area contributed by atoms with Crippen LogP contribution in [0.15, 0.2) is 41.3 Å². The Kier molecular flexibility index (Phi) is 8.88. The Balaban J connectivity index is 1.50. The number of hydrogen-bond donors (Lipinski definition) is 1. The smallest absolute Gasteiger partial charge is 0.221 e. The maximum absolute atomic E-state index is 13.0. The molecule has 1 heterocycles. The number of likely N-dealkylation sites (N-methyl/N-ethyl adjacent to an activating group) is 1. The first-order valence-electron chi connectivity index (χ1n) is 11.4. The number of benzene rings is 2. The van der Waals surface area contributed by atoms with Crippen molar-refractivity contribution in [3.8, 4) is 5.75 Å². The second-order valence-corrected chi connectivity index (χ2v) is 10.2. The monoisotopic (exact) mass is 472 g/mol. The molecule has 0 spiro atoms. The summed E-state index contributed by atoms with van der Waals surface area (Å²) in [6, 6.07) is 12.1. The molecule has 1 saturated heterocycles. The Labute approximate surface area is 200 Å². The second kappa shape index (κ2) is 11.6. The molecule has 1 N–H and O–H groups in total. The molecule has 8 heteroatoms. The zero-order chi connectivity index (χ0) is 24.0. The van der Waals surface area contributed by atoms with E-state index in [0.717, 1.165) is 53.5 Å². The molecule has 0 aliphatic carbocycles. The molecule has 1 aliphatic rings. The second-order valence-electron chi connectivity index (χ2n) is 8.68. The predicted molar refractivity (Wildman–Crippen MR) is 134 cm³/mol. The highest BCUT2D eigenvalue weighted by molar-refractivity contribution is 7.82. The van der Waals surface area contributed by atoms with Gasteiger partial charge < -0.3 is 19.9 Å². The van der Waals surface area contributed by atoms with Crippen molar-refractivity contribution in [1.29, 1.82) is 0 Å². The fourth-order valence-electron chi connectivity index (χ4n) is 4.02. The van der Waals surface area contributed by atoms with Crippen molar-refractivity contribution in [2.75, 3.05) is 58.8 Å². The molecule has 1 amide bonds. The molecule has 0 saturated carbocycles. The third-order valence-electron chi connectivity index (χ3n) is 6.05. The fraction of sp³-hybridized carbons (Fsp3) is 0.480. The van der Waals surface area contributed by atoms with Crippen LogP contribution in [0, 0.1) is 13.8 Å². The van der Waals surface area contributed by atoms with Crippen LogP contribution in [-0.4, -0.2) is 73.3 Å². The number of aryl methyl sites for hydroxylation is 2. The van der Waals surface area contributed by atoms with Crippen LogP contribution in [-0.2, 0) is 22.3 Å². The van der Waals surface area contributed by atoms with Gasteiger partial charge in [-0.1, -0.05) is 12.1 Å². The largest absolute Gasteiger partial charge is 0.497 e. The quantitative estimate of drug-likeness (QED) is 0.608. The Morgan fingerprint density at radius 2 is 1.79 bits per heavy atom. The first-order chi connectivity index (χ1) is 15.8. The number of carbonyl (C=O) groups excluding carboxylic acids is 1. The number of carbonyl (C=O) groups is 1. The minimum atomic E-state index is -1.34. The normalized spacial score (nSPS) is 15.5. The molecule has 2 aromatic carbocycles. The van der Waals surface area contributed by atoms with Gasteiger partial charge >= 0.3 is 0 Å². The van der Waals surface area contributed by atoms with Crippen molar-refractivity contribution in [1.82, 2.24) is 14.5 Å². The van der Waals surface area contributed by atoms with E-state index in [2.05, 4.69) is 34.3 Å². The SMILES string of the molecule is COc1cc(C)c(S(=O)N(C)CCC(=O)NCc2cccc(N3CCN(C)CC3)c2)c(C)c1. The highest BCUT2D eigenvalue weighted by Crippen LogP contribution is 2.25. The van der Waals surface area contributed by atoms with Gasteiger partial charge in [-0.3, -0.25) is 4.79 Å². The zero-order valence-corrected chi connectivity index (χ0v) is 21.2. The van der Waals surface area contributed by atoms with Crippen LogP contribution in [0.5, 0.6) is 5.75 Å². The van der Waals surface area contributed by atoms with E-state index in [1.807, 2.05) is 38.1 Å². The minimum absolute atomic E-state index is 0.0491. The Morgan fingerprint density at radius 1 is 1.12 bits per heavy atom. The van der Waals surface area contributed by atoms with Crippen molar-refractivity contribution >= 4 is 22.6 Å². The summed E-state index contributed by atoms with van der Waals surface area (Å²) in [7, 11) is 4.22. The molecule has 1 aliphatic heterocycles. The minimum Gasteiger partial charge on any atom is -0.497 e. The maximum Gasteiger partial charge on any atom is 0.221 e. The van der Waals surface area contributed by atoms with Gasteiger partial charge in [0.25, 0.3) is 0 Å². The summed E-state index contributed by atoms with van der Waals surface area (Å²) < 4.78 is 20.0. The van der Waals surface area contributed by atoms with E-state index in [4.69, 9.17) is 4.74 Å². The van der Waals surface area contributed by atoms with Crippen molar-refractivity contribution in [3.05, 3.63) is 53.1 Å². The number of methoxy groups -OCH3 is 1. The van der Waals surface area contributed by atoms with Crippen molar-refractivity contribution in [3.63, 3.8) is 0 Å². The first-order valence-corrected chi connectivity index (χ1v) is 12.5. The molecule has 1 fully saturated rings. The number of hydrogen-bond acceptors (Lipinski definition) is 5. The summed E-state index contributed by atoms with van der Waals surface area (Å²) in [4.78, 5) is 18.0. The number of amides is 1. The van der Waals surface area contributed by atoms with Gasteiger partial charge in [0.15, 0.2) is 0 Å². The predicted octanol–water partition coefficient (Wildman–Crippen LogP) is 2.72. The van der Waals surface area contributed by atoms with Crippen LogP contribution in [0.3, 0.4) is 0 Å². The fourth-order valence-corrected chi connectivity index (χ4v) is 5.26. The van der Waals surface area contributed by atoms with Crippen LogP contribution in [0.25, 0.3) is 0 Å². The zero-order valence-electron chi connectivity index (χ0n) is 20.4. The van der Waals surface area contributed by atoms with Crippen LogP contribution in [0.4, 0.5) is 5.69 Å². The van der Waals surface area contributed by atoms with Crippen LogP contribution in [0.2, 0.25) is 0 Å².